The summed E-state index contributed by atoms with van der Waals surface area (Å²) in [5, 5.41) is 13.9. The minimum atomic E-state index is 0. The van der Waals surface area contributed by atoms with E-state index in [-0.39, 0.29) is 24.0 Å². The number of H-pyrrole nitrogens is 1. The van der Waals surface area contributed by atoms with E-state index in [1.165, 1.54) is 0 Å². The molecule has 0 aliphatic heterocycles. The van der Waals surface area contributed by atoms with Crippen LogP contribution in [0, 0.1) is 5.92 Å². The molecule has 1 aromatic heterocycles. The molecule has 0 aliphatic carbocycles. The Morgan fingerprint density at radius 3 is 2.44 bits per heavy atom. The fourth-order valence-electron chi connectivity index (χ4n) is 2.55. The molecule has 7 nitrogen and oxygen atoms in total. The lowest BCUT2D eigenvalue weighted by molar-refractivity contribution is 0.415. The molecule has 2 rings (SSSR count). The molecular weight excluding hydrogens is 455 g/mol. The van der Waals surface area contributed by atoms with Crippen LogP contribution < -0.4 is 15.4 Å². The van der Waals surface area contributed by atoms with Crippen molar-refractivity contribution < 1.29 is 4.74 Å². The van der Waals surface area contributed by atoms with Gasteiger partial charge in [-0.05, 0) is 37.1 Å². The van der Waals surface area contributed by atoms with Crippen molar-refractivity contribution in [3.05, 3.63) is 30.1 Å². The second-order valence-corrected chi connectivity index (χ2v) is 6.09. The Morgan fingerprint density at radius 1 is 1.15 bits per heavy atom. The topological polar surface area (TPSA) is 87.2 Å². The van der Waals surface area contributed by atoms with Gasteiger partial charge in [0.15, 0.2) is 11.8 Å². The number of aromatic amines is 1. The summed E-state index contributed by atoms with van der Waals surface area (Å²) in [6, 6.07) is 7.68. The van der Waals surface area contributed by atoms with Crippen molar-refractivity contribution in [1.82, 2.24) is 25.8 Å². The minimum absolute atomic E-state index is 0. The number of guanidine groups is 1. The summed E-state index contributed by atoms with van der Waals surface area (Å²) >= 11 is 0. The molecule has 0 atom stereocenters. The highest BCUT2D eigenvalue weighted by molar-refractivity contribution is 14.0. The largest absolute Gasteiger partial charge is 0.497 e. The summed E-state index contributed by atoms with van der Waals surface area (Å²) < 4.78 is 5.17. The fourth-order valence-corrected chi connectivity index (χ4v) is 2.55. The Hall–Kier alpha value is -1.84. The lowest BCUT2D eigenvalue weighted by Gasteiger charge is -2.16. The van der Waals surface area contributed by atoms with Gasteiger partial charge in [-0.3, -0.25) is 5.10 Å². The van der Waals surface area contributed by atoms with E-state index >= 15 is 0 Å². The molecule has 0 unspecified atom stereocenters. The maximum absolute atomic E-state index is 5.17. The van der Waals surface area contributed by atoms with Crippen molar-refractivity contribution in [1.29, 1.82) is 0 Å². The molecule has 0 spiro atoms. The first-order valence-corrected chi connectivity index (χ1v) is 9.27. The predicted molar refractivity (Wildman–Crippen MR) is 121 cm³/mol. The van der Waals surface area contributed by atoms with Crippen LogP contribution >= 0.6 is 24.0 Å². The van der Waals surface area contributed by atoms with Crippen LogP contribution in [-0.2, 0) is 6.54 Å². The van der Waals surface area contributed by atoms with Crippen molar-refractivity contribution >= 4 is 29.9 Å². The lowest BCUT2D eigenvalue weighted by atomic mass is 10.0. The summed E-state index contributed by atoms with van der Waals surface area (Å²) in [5.41, 5.74) is 0.941. The third-order valence-electron chi connectivity index (χ3n) is 4.32. The number of nitrogens with one attached hydrogen (secondary N) is 3. The number of hydrogen-bond donors (Lipinski definition) is 3. The monoisotopic (exact) mass is 486 g/mol. The summed E-state index contributed by atoms with van der Waals surface area (Å²) in [5.74, 6) is 3.67. The van der Waals surface area contributed by atoms with Crippen LogP contribution in [0.15, 0.2) is 29.3 Å². The van der Waals surface area contributed by atoms with Gasteiger partial charge in [-0.25, -0.2) is 9.98 Å². The number of rotatable bonds is 9. The van der Waals surface area contributed by atoms with Gasteiger partial charge < -0.3 is 15.4 Å². The van der Waals surface area contributed by atoms with Crippen molar-refractivity contribution in [2.45, 2.75) is 40.2 Å². The van der Waals surface area contributed by atoms with E-state index in [4.69, 9.17) is 4.74 Å². The minimum Gasteiger partial charge on any atom is -0.497 e. The highest BCUT2D eigenvalue weighted by Gasteiger charge is 2.08. The van der Waals surface area contributed by atoms with E-state index < -0.39 is 0 Å². The molecule has 150 valence electrons. The molecule has 0 radical (unpaired) electrons. The van der Waals surface area contributed by atoms with E-state index in [2.05, 4.69) is 51.6 Å². The van der Waals surface area contributed by atoms with Crippen molar-refractivity contribution in [3.63, 3.8) is 0 Å². The summed E-state index contributed by atoms with van der Waals surface area (Å²) in [6.07, 6.45) is 2.33. The third kappa shape index (κ3) is 7.36. The van der Waals surface area contributed by atoms with Gasteiger partial charge in [-0.2, -0.15) is 5.10 Å². The molecule has 0 saturated heterocycles. The van der Waals surface area contributed by atoms with Gasteiger partial charge in [0.1, 0.15) is 18.1 Å². The van der Waals surface area contributed by atoms with Gasteiger partial charge in [-0.15, -0.1) is 24.0 Å². The SMILES string of the molecule is CCNC(=NCc1nc(-c2ccc(OC)cc2)n[nH]1)NCC(CC)CC.I. The van der Waals surface area contributed by atoms with Crippen LogP contribution in [0.5, 0.6) is 5.75 Å². The van der Waals surface area contributed by atoms with Gasteiger partial charge in [0.25, 0.3) is 0 Å². The molecule has 3 N–H and O–H groups in total. The fraction of sp³-hybridized carbons (Fsp3) is 0.526. The quantitative estimate of drug-likeness (QED) is 0.287. The normalized spacial score (nSPS) is 11.2. The average Bonchev–Trinajstić information content (AvgIpc) is 3.16. The van der Waals surface area contributed by atoms with Crippen molar-refractivity contribution in [2.75, 3.05) is 20.2 Å². The van der Waals surface area contributed by atoms with E-state index in [1.807, 2.05) is 24.3 Å². The molecule has 0 bridgehead atoms. The molecule has 27 heavy (non-hydrogen) atoms. The van der Waals surface area contributed by atoms with Crippen LogP contribution in [-0.4, -0.2) is 41.3 Å². The predicted octanol–water partition coefficient (Wildman–Crippen LogP) is 3.59. The molecule has 0 amide bonds. The lowest BCUT2D eigenvalue weighted by Crippen LogP contribution is -2.39. The molecule has 0 aliphatic rings. The number of nitrogens with zero attached hydrogens (tertiary/aromatic N) is 3. The molecule has 0 saturated carbocycles. The first-order chi connectivity index (χ1) is 12.7. The molecule has 1 aromatic carbocycles. The van der Waals surface area contributed by atoms with E-state index in [0.29, 0.717) is 18.3 Å². The van der Waals surface area contributed by atoms with Crippen LogP contribution in [0.4, 0.5) is 0 Å². The van der Waals surface area contributed by atoms with Gasteiger partial charge in [0.2, 0.25) is 0 Å². The Balaban J connectivity index is 0.00000364. The second kappa shape index (κ2) is 12.5. The Labute approximate surface area is 178 Å². The Bertz CT molecular complexity index is 682. The number of ether oxygens (including phenoxy) is 1. The van der Waals surface area contributed by atoms with Gasteiger partial charge in [0.05, 0.1) is 7.11 Å². The zero-order valence-corrected chi connectivity index (χ0v) is 18.9. The van der Waals surface area contributed by atoms with Crippen LogP contribution in [0.3, 0.4) is 0 Å². The zero-order valence-electron chi connectivity index (χ0n) is 16.6. The molecule has 0 fully saturated rings. The highest BCUT2D eigenvalue weighted by atomic mass is 127. The molecule has 8 heteroatoms. The molecule has 2 aromatic rings. The van der Waals surface area contributed by atoms with Crippen LogP contribution in [0.25, 0.3) is 11.4 Å². The summed E-state index contributed by atoms with van der Waals surface area (Å²) in [6.45, 7) is 8.69. The molecular formula is C19H31IN6O. The first-order valence-electron chi connectivity index (χ1n) is 9.27. The summed E-state index contributed by atoms with van der Waals surface area (Å²) in [4.78, 5) is 9.12. The number of methoxy groups -OCH3 is 1. The Kier molecular flexibility index (Phi) is 10.8. The van der Waals surface area contributed by atoms with Crippen molar-refractivity contribution in [2.24, 2.45) is 10.9 Å². The van der Waals surface area contributed by atoms with Gasteiger partial charge >= 0.3 is 0 Å². The van der Waals surface area contributed by atoms with Crippen LogP contribution in [0.1, 0.15) is 39.4 Å². The van der Waals surface area contributed by atoms with Crippen LogP contribution in [0.2, 0.25) is 0 Å². The number of hydrogen-bond acceptors (Lipinski definition) is 4. The second-order valence-electron chi connectivity index (χ2n) is 6.09. The van der Waals surface area contributed by atoms with E-state index in [1.54, 1.807) is 7.11 Å². The van der Waals surface area contributed by atoms with E-state index in [0.717, 1.165) is 49.0 Å². The molecule has 1 heterocycles. The smallest absolute Gasteiger partial charge is 0.191 e. The van der Waals surface area contributed by atoms with Crippen molar-refractivity contribution in [3.8, 4) is 17.1 Å². The standard InChI is InChI=1S/C19H30N6O.HI/c1-5-14(6-2)12-21-19(20-7-3)22-13-17-23-18(25-24-17)15-8-10-16(26-4)11-9-15;/h8-11,14H,5-7,12-13H2,1-4H3,(H2,20,21,22)(H,23,24,25);1H. The maximum Gasteiger partial charge on any atom is 0.191 e. The van der Waals surface area contributed by atoms with Gasteiger partial charge in [-0.1, -0.05) is 26.7 Å². The third-order valence-corrected chi connectivity index (χ3v) is 4.32. The highest BCUT2D eigenvalue weighted by Crippen LogP contribution is 2.19. The van der Waals surface area contributed by atoms with E-state index in [9.17, 15) is 0 Å². The Morgan fingerprint density at radius 2 is 1.85 bits per heavy atom. The number of halogens is 1. The average molecular weight is 486 g/mol. The number of aromatic nitrogens is 3. The number of benzene rings is 1. The zero-order chi connectivity index (χ0) is 18.8. The number of aliphatic imine (C=N–C) groups is 1. The first kappa shape index (κ1) is 23.2. The summed E-state index contributed by atoms with van der Waals surface area (Å²) in [7, 11) is 1.65. The maximum atomic E-state index is 5.17. The van der Waals surface area contributed by atoms with Gasteiger partial charge in [0, 0.05) is 18.7 Å².